The number of piperazine rings is 2. The average molecular weight is 475 g/mol. The van der Waals surface area contributed by atoms with Crippen molar-refractivity contribution in [3.63, 3.8) is 0 Å². The van der Waals surface area contributed by atoms with Gasteiger partial charge in [-0.05, 0) is 36.4 Å². The molecule has 2 fully saturated rings. The molecule has 8 heteroatoms. The molecule has 0 atom stereocenters. The van der Waals surface area contributed by atoms with Crippen molar-refractivity contribution in [3.8, 4) is 0 Å². The van der Waals surface area contributed by atoms with Crippen LogP contribution in [0.25, 0.3) is 0 Å². The first-order valence-electron chi connectivity index (χ1n) is 11.1. The highest BCUT2D eigenvalue weighted by Crippen LogP contribution is 2.22. The Morgan fingerprint density at radius 2 is 1.00 bits per heavy atom. The number of benzene rings is 2. The predicted molar refractivity (Wildman–Crippen MR) is 130 cm³/mol. The quantitative estimate of drug-likeness (QED) is 0.661. The summed E-state index contributed by atoms with van der Waals surface area (Å²) in [5, 5.41) is 1.43. The van der Waals surface area contributed by atoms with Crippen LogP contribution in [0.15, 0.2) is 48.5 Å². The molecule has 2 saturated heterocycles. The zero-order chi connectivity index (χ0) is 22.5. The maximum absolute atomic E-state index is 12.6. The van der Waals surface area contributed by atoms with Gasteiger partial charge in [0.2, 0.25) is 11.8 Å². The summed E-state index contributed by atoms with van der Waals surface area (Å²) in [6.45, 7) is 5.74. The lowest BCUT2D eigenvalue weighted by Gasteiger charge is -2.37. The van der Waals surface area contributed by atoms with E-state index in [0.717, 1.165) is 37.6 Å². The summed E-state index contributed by atoms with van der Waals surface area (Å²) in [5.74, 6) is 0.114. The highest BCUT2D eigenvalue weighted by molar-refractivity contribution is 6.31. The van der Waals surface area contributed by atoms with Gasteiger partial charge >= 0.3 is 0 Å². The third-order valence-corrected chi connectivity index (χ3v) is 6.63. The van der Waals surface area contributed by atoms with E-state index in [1.54, 1.807) is 0 Å². The van der Waals surface area contributed by atoms with Crippen molar-refractivity contribution in [3.05, 3.63) is 58.6 Å². The van der Waals surface area contributed by atoms with Crippen LogP contribution in [-0.2, 0) is 9.59 Å². The minimum atomic E-state index is 0.0571. The zero-order valence-electron chi connectivity index (χ0n) is 18.1. The van der Waals surface area contributed by atoms with E-state index in [2.05, 4.69) is 9.80 Å². The molecular formula is C24H28Cl2N4O2. The maximum Gasteiger partial charge on any atom is 0.223 e. The average Bonchev–Trinajstić information content (AvgIpc) is 2.82. The molecule has 2 aromatic rings. The lowest BCUT2D eigenvalue weighted by Crippen LogP contribution is -2.50. The Morgan fingerprint density at radius 3 is 1.34 bits per heavy atom. The van der Waals surface area contributed by atoms with E-state index in [1.165, 1.54) is 0 Å². The van der Waals surface area contributed by atoms with E-state index in [-0.39, 0.29) is 24.7 Å². The molecule has 2 amide bonds. The molecule has 6 nitrogen and oxygen atoms in total. The smallest absolute Gasteiger partial charge is 0.223 e. The summed E-state index contributed by atoms with van der Waals surface area (Å²) >= 11 is 12.2. The van der Waals surface area contributed by atoms with Gasteiger partial charge in [-0.2, -0.15) is 0 Å². The normalized spacial score (nSPS) is 16.9. The highest BCUT2D eigenvalue weighted by Gasteiger charge is 2.25. The molecule has 0 radical (unpaired) electrons. The van der Waals surface area contributed by atoms with E-state index < -0.39 is 0 Å². The van der Waals surface area contributed by atoms with Gasteiger partial charge in [-0.1, -0.05) is 35.3 Å². The molecule has 0 bridgehead atoms. The van der Waals surface area contributed by atoms with Gasteiger partial charge in [-0.25, -0.2) is 0 Å². The number of halogens is 2. The first-order chi connectivity index (χ1) is 15.5. The van der Waals surface area contributed by atoms with Crippen LogP contribution in [0.3, 0.4) is 0 Å². The lowest BCUT2D eigenvalue weighted by molar-refractivity contribution is -0.137. The van der Waals surface area contributed by atoms with Gasteiger partial charge in [0.1, 0.15) is 0 Å². The number of anilines is 2. The van der Waals surface area contributed by atoms with Gasteiger partial charge in [-0.3, -0.25) is 9.59 Å². The van der Waals surface area contributed by atoms with Crippen LogP contribution in [0.4, 0.5) is 11.4 Å². The summed E-state index contributed by atoms with van der Waals surface area (Å²) in [6.07, 6.45) is 0.537. The molecule has 0 saturated carbocycles. The second-order valence-electron chi connectivity index (χ2n) is 8.20. The molecule has 0 N–H and O–H groups in total. The number of rotatable bonds is 5. The fourth-order valence-electron chi connectivity index (χ4n) is 4.30. The number of carbonyl (C=O) groups is 2. The molecule has 0 aliphatic carbocycles. The molecule has 0 unspecified atom stereocenters. The monoisotopic (exact) mass is 474 g/mol. The molecule has 2 aromatic carbocycles. The van der Waals surface area contributed by atoms with E-state index in [0.29, 0.717) is 36.2 Å². The Kier molecular flexibility index (Phi) is 7.43. The minimum absolute atomic E-state index is 0.0571. The minimum Gasteiger partial charge on any atom is -0.368 e. The molecule has 0 aromatic heterocycles. The van der Waals surface area contributed by atoms with Gasteiger partial charge < -0.3 is 19.6 Å². The summed E-state index contributed by atoms with van der Waals surface area (Å²) < 4.78 is 0. The van der Waals surface area contributed by atoms with Gasteiger partial charge in [0.25, 0.3) is 0 Å². The topological polar surface area (TPSA) is 47.1 Å². The first kappa shape index (κ1) is 22.7. The second kappa shape index (κ2) is 10.5. The molecule has 32 heavy (non-hydrogen) atoms. The SMILES string of the molecule is O=C(CCC(=O)N1CCN(c2cccc(Cl)c2)CC1)N1CCN(c2cccc(Cl)c2)CC1. The van der Waals surface area contributed by atoms with Crippen LogP contribution >= 0.6 is 23.2 Å². The third-order valence-electron chi connectivity index (χ3n) is 6.16. The Bertz CT molecular complexity index is 877. The van der Waals surface area contributed by atoms with Gasteiger partial charge in [0, 0.05) is 86.6 Å². The van der Waals surface area contributed by atoms with Crippen LogP contribution in [0.2, 0.25) is 10.0 Å². The maximum atomic E-state index is 12.6. The van der Waals surface area contributed by atoms with Crippen molar-refractivity contribution in [1.29, 1.82) is 0 Å². The van der Waals surface area contributed by atoms with Crippen LogP contribution in [0.5, 0.6) is 0 Å². The van der Waals surface area contributed by atoms with E-state index in [1.807, 2.05) is 58.3 Å². The van der Waals surface area contributed by atoms with Crippen LogP contribution in [0, 0.1) is 0 Å². The standard InChI is InChI=1S/C24H28Cl2N4O2/c25-19-3-1-5-21(17-19)27-9-13-29(14-10-27)23(31)7-8-24(32)30-15-11-28(12-16-30)22-6-2-4-20(26)18-22/h1-6,17-18H,7-16H2. The fourth-order valence-corrected chi connectivity index (χ4v) is 4.67. The lowest BCUT2D eigenvalue weighted by atomic mass is 10.2. The molecule has 2 aliphatic heterocycles. The number of amides is 2. The molecular weight excluding hydrogens is 447 g/mol. The van der Waals surface area contributed by atoms with Gasteiger partial charge in [0.15, 0.2) is 0 Å². The number of carbonyl (C=O) groups excluding carboxylic acids is 2. The van der Waals surface area contributed by atoms with Crippen molar-refractivity contribution in [2.45, 2.75) is 12.8 Å². The Hall–Kier alpha value is -2.44. The van der Waals surface area contributed by atoms with Crippen LogP contribution in [-0.4, -0.2) is 74.0 Å². The number of hydrogen-bond acceptors (Lipinski definition) is 4. The van der Waals surface area contributed by atoms with Crippen LogP contribution in [0.1, 0.15) is 12.8 Å². The Balaban J connectivity index is 1.19. The van der Waals surface area contributed by atoms with Crippen LogP contribution < -0.4 is 9.80 Å². The van der Waals surface area contributed by atoms with E-state index >= 15 is 0 Å². The summed E-state index contributed by atoms with van der Waals surface area (Å²) in [5.41, 5.74) is 2.16. The predicted octanol–water partition coefficient (Wildman–Crippen LogP) is 3.77. The van der Waals surface area contributed by atoms with E-state index in [9.17, 15) is 9.59 Å². The third kappa shape index (κ3) is 5.67. The largest absolute Gasteiger partial charge is 0.368 e. The van der Waals surface area contributed by atoms with Crippen molar-refractivity contribution in [2.75, 3.05) is 62.2 Å². The summed E-state index contributed by atoms with van der Waals surface area (Å²) in [6, 6.07) is 15.6. The van der Waals surface area contributed by atoms with Crippen molar-refractivity contribution in [1.82, 2.24) is 9.80 Å². The summed E-state index contributed by atoms with van der Waals surface area (Å²) in [7, 11) is 0. The summed E-state index contributed by atoms with van der Waals surface area (Å²) in [4.78, 5) is 33.5. The molecule has 4 rings (SSSR count). The number of hydrogen-bond donors (Lipinski definition) is 0. The molecule has 2 heterocycles. The molecule has 0 spiro atoms. The Morgan fingerprint density at radius 1 is 0.625 bits per heavy atom. The fraction of sp³-hybridized carbons (Fsp3) is 0.417. The highest BCUT2D eigenvalue weighted by atomic mass is 35.5. The number of nitrogens with zero attached hydrogens (tertiary/aromatic N) is 4. The van der Waals surface area contributed by atoms with Crippen molar-refractivity contribution in [2.24, 2.45) is 0 Å². The Labute approximate surface area is 199 Å². The zero-order valence-corrected chi connectivity index (χ0v) is 19.6. The van der Waals surface area contributed by atoms with Gasteiger partial charge in [0.05, 0.1) is 0 Å². The van der Waals surface area contributed by atoms with Crippen molar-refractivity contribution < 1.29 is 9.59 Å². The second-order valence-corrected chi connectivity index (χ2v) is 9.07. The first-order valence-corrected chi connectivity index (χ1v) is 11.8. The molecule has 170 valence electrons. The van der Waals surface area contributed by atoms with E-state index in [4.69, 9.17) is 23.2 Å². The molecule has 2 aliphatic rings. The van der Waals surface area contributed by atoms with Crippen molar-refractivity contribution >= 4 is 46.4 Å². The van der Waals surface area contributed by atoms with Gasteiger partial charge in [-0.15, -0.1) is 0 Å².